The van der Waals surface area contributed by atoms with E-state index in [1.165, 1.54) is 11.3 Å². The van der Waals surface area contributed by atoms with Crippen molar-refractivity contribution in [3.05, 3.63) is 29.8 Å². The quantitative estimate of drug-likeness (QED) is 0.663. The number of carbonyl (C=O) groups is 1. The molecule has 2 aliphatic rings. The first kappa shape index (κ1) is 21.1. The predicted molar refractivity (Wildman–Crippen MR) is 110 cm³/mol. The Kier molecular flexibility index (Phi) is 6.95. The Balaban J connectivity index is 1.56. The molecule has 0 aromatic heterocycles. The van der Waals surface area contributed by atoms with Crippen LogP contribution in [0.15, 0.2) is 24.3 Å². The summed E-state index contributed by atoms with van der Waals surface area (Å²) in [5.41, 5.74) is 2.52. The fraction of sp³-hybridized carbons (Fsp3) is 0.650. The molecule has 0 radical (unpaired) electrons. The van der Waals surface area contributed by atoms with E-state index in [1.807, 2.05) is 6.07 Å². The Morgan fingerprint density at radius 2 is 1.93 bits per heavy atom. The highest BCUT2D eigenvalue weighted by Crippen LogP contribution is 2.21. The van der Waals surface area contributed by atoms with Crippen LogP contribution in [0.25, 0.3) is 0 Å². The molecular formula is C20H31N3O4S. The first-order valence-corrected chi connectivity index (χ1v) is 11.7. The number of hydrogen-bond acceptors (Lipinski definition) is 6. The van der Waals surface area contributed by atoms with E-state index in [9.17, 15) is 13.2 Å². The lowest BCUT2D eigenvalue weighted by atomic mass is 10.1. The summed E-state index contributed by atoms with van der Waals surface area (Å²) in [7, 11) is -1.43. The fourth-order valence-electron chi connectivity index (χ4n) is 4.07. The molecule has 8 heteroatoms. The maximum absolute atomic E-state index is 12.9. The second-order valence-corrected chi connectivity index (χ2v) is 9.92. The monoisotopic (exact) mass is 409 g/mol. The summed E-state index contributed by atoms with van der Waals surface area (Å²) >= 11 is 0. The summed E-state index contributed by atoms with van der Waals surface area (Å²) in [5, 5.41) is 0. The van der Waals surface area contributed by atoms with Crippen molar-refractivity contribution in [3.8, 4) is 0 Å². The molecule has 0 aliphatic carbocycles. The molecule has 1 aromatic carbocycles. The Bertz CT molecular complexity index is 775. The number of amides is 1. The van der Waals surface area contributed by atoms with Gasteiger partial charge in [0.2, 0.25) is 5.91 Å². The highest BCUT2D eigenvalue weighted by molar-refractivity contribution is 7.91. The van der Waals surface area contributed by atoms with Gasteiger partial charge in [0.1, 0.15) is 0 Å². The van der Waals surface area contributed by atoms with Gasteiger partial charge < -0.3 is 14.5 Å². The molecule has 0 N–H and O–H groups in total. The first-order chi connectivity index (χ1) is 13.4. The van der Waals surface area contributed by atoms with E-state index in [-0.39, 0.29) is 23.5 Å². The van der Waals surface area contributed by atoms with Gasteiger partial charge in [-0.25, -0.2) is 8.42 Å². The van der Waals surface area contributed by atoms with Crippen LogP contribution >= 0.6 is 0 Å². The summed E-state index contributed by atoms with van der Waals surface area (Å²) in [5.74, 6) is 0.246. The standard InChI is InChI=1S/C20H31N3O4S/c1-17-5-3-4-6-19(17)22-10-8-21(9-11-22)15-20(24)23(12-13-27-2)18-7-14-28(25,26)16-18/h3-6,18H,7-16H2,1-2H3/t18-/m1/s1. The average Bonchev–Trinajstić information content (AvgIpc) is 3.03. The number of nitrogens with zero attached hydrogens (tertiary/aromatic N) is 3. The molecule has 0 saturated carbocycles. The number of methoxy groups -OCH3 is 1. The smallest absolute Gasteiger partial charge is 0.237 e. The third kappa shape index (κ3) is 5.24. The Morgan fingerprint density at radius 1 is 1.21 bits per heavy atom. The SMILES string of the molecule is COCCN(C(=O)CN1CCN(c2ccccc2C)CC1)[C@@H]1CCS(=O)(=O)C1. The summed E-state index contributed by atoms with van der Waals surface area (Å²) in [6.45, 7) is 6.73. The van der Waals surface area contributed by atoms with E-state index in [0.29, 0.717) is 26.1 Å². The van der Waals surface area contributed by atoms with Crippen LogP contribution in [-0.4, -0.2) is 94.7 Å². The number of rotatable bonds is 7. The van der Waals surface area contributed by atoms with Crippen molar-refractivity contribution in [2.24, 2.45) is 0 Å². The summed E-state index contributed by atoms with van der Waals surface area (Å²) in [4.78, 5) is 19.2. The molecule has 2 saturated heterocycles. The maximum Gasteiger partial charge on any atom is 0.237 e. The van der Waals surface area contributed by atoms with E-state index in [0.717, 1.165) is 26.2 Å². The molecule has 0 spiro atoms. The number of sulfone groups is 1. The van der Waals surface area contributed by atoms with Gasteiger partial charge in [0, 0.05) is 51.6 Å². The lowest BCUT2D eigenvalue weighted by Crippen LogP contribution is -2.52. The van der Waals surface area contributed by atoms with E-state index in [1.54, 1.807) is 12.0 Å². The second kappa shape index (κ2) is 9.24. The van der Waals surface area contributed by atoms with E-state index in [4.69, 9.17) is 4.74 Å². The molecule has 1 amide bonds. The third-order valence-corrected chi connectivity index (χ3v) is 7.44. The molecule has 0 unspecified atom stereocenters. The van der Waals surface area contributed by atoms with Crippen LogP contribution < -0.4 is 4.90 Å². The zero-order valence-electron chi connectivity index (χ0n) is 16.8. The van der Waals surface area contributed by atoms with Crippen molar-refractivity contribution in [2.45, 2.75) is 19.4 Å². The van der Waals surface area contributed by atoms with Gasteiger partial charge in [-0.1, -0.05) is 18.2 Å². The lowest BCUT2D eigenvalue weighted by molar-refractivity contribution is -0.135. The lowest BCUT2D eigenvalue weighted by Gasteiger charge is -2.38. The molecule has 2 heterocycles. The van der Waals surface area contributed by atoms with Crippen molar-refractivity contribution in [1.82, 2.24) is 9.80 Å². The number of anilines is 1. The highest BCUT2D eigenvalue weighted by Gasteiger charge is 2.35. The number of para-hydroxylation sites is 1. The number of hydrogen-bond donors (Lipinski definition) is 0. The van der Waals surface area contributed by atoms with Gasteiger partial charge in [-0.05, 0) is 25.0 Å². The number of carbonyl (C=O) groups excluding carboxylic acids is 1. The van der Waals surface area contributed by atoms with Gasteiger partial charge in [-0.2, -0.15) is 0 Å². The van der Waals surface area contributed by atoms with Gasteiger partial charge in [-0.15, -0.1) is 0 Å². The van der Waals surface area contributed by atoms with Crippen molar-refractivity contribution in [1.29, 1.82) is 0 Å². The van der Waals surface area contributed by atoms with Crippen LogP contribution in [0.4, 0.5) is 5.69 Å². The second-order valence-electron chi connectivity index (χ2n) is 7.69. The first-order valence-electron chi connectivity index (χ1n) is 9.91. The molecular weight excluding hydrogens is 378 g/mol. The molecule has 7 nitrogen and oxygen atoms in total. The molecule has 2 aliphatic heterocycles. The largest absolute Gasteiger partial charge is 0.383 e. The highest BCUT2D eigenvalue weighted by atomic mass is 32.2. The minimum Gasteiger partial charge on any atom is -0.383 e. The molecule has 1 aromatic rings. The Hall–Kier alpha value is -1.64. The van der Waals surface area contributed by atoms with Crippen LogP contribution in [0, 0.1) is 6.92 Å². The normalized spacial score (nSPS) is 22.4. The number of aryl methyl sites for hydroxylation is 1. The van der Waals surface area contributed by atoms with E-state index < -0.39 is 9.84 Å². The molecule has 1 atom stereocenters. The molecule has 2 fully saturated rings. The van der Waals surface area contributed by atoms with Crippen molar-refractivity contribution in [2.75, 3.05) is 69.4 Å². The Labute approximate surface area is 168 Å². The van der Waals surface area contributed by atoms with E-state index >= 15 is 0 Å². The number of ether oxygens (including phenoxy) is 1. The minimum atomic E-state index is -3.03. The fourth-order valence-corrected chi connectivity index (χ4v) is 5.80. The summed E-state index contributed by atoms with van der Waals surface area (Å²) < 4.78 is 28.8. The molecule has 156 valence electrons. The number of benzene rings is 1. The Morgan fingerprint density at radius 3 is 2.54 bits per heavy atom. The zero-order valence-corrected chi connectivity index (χ0v) is 17.7. The topological polar surface area (TPSA) is 70.2 Å². The molecule has 3 rings (SSSR count). The molecule has 0 bridgehead atoms. The predicted octanol–water partition coefficient (Wildman–Crippen LogP) is 0.779. The zero-order chi connectivity index (χ0) is 20.1. The average molecular weight is 410 g/mol. The summed E-state index contributed by atoms with van der Waals surface area (Å²) in [6.07, 6.45) is 0.527. The van der Waals surface area contributed by atoms with Crippen LogP contribution in [0.1, 0.15) is 12.0 Å². The van der Waals surface area contributed by atoms with E-state index in [2.05, 4.69) is 34.9 Å². The van der Waals surface area contributed by atoms with Gasteiger partial charge in [-0.3, -0.25) is 9.69 Å². The minimum absolute atomic E-state index is 0.00323. The maximum atomic E-state index is 12.9. The van der Waals surface area contributed by atoms with Crippen LogP contribution in [0.5, 0.6) is 0 Å². The number of piperazine rings is 1. The third-order valence-electron chi connectivity index (χ3n) is 5.69. The van der Waals surface area contributed by atoms with Crippen LogP contribution in [0.2, 0.25) is 0 Å². The van der Waals surface area contributed by atoms with Crippen LogP contribution in [-0.2, 0) is 19.4 Å². The van der Waals surface area contributed by atoms with Crippen molar-refractivity contribution in [3.63, 3.8) is 0 Å². The van der Waals surface area contributed by atoms with Gasteiger partial charge >= 0.3 is 0 Å². The van der Waals surface area contributed by atoms with Gasteiger partial charge in [0.25, 0.3) is 0 Å². The van der Waals surface area contributed by atoms with Crippen LogP contribution in [0.3, 0.4) is 0 Å². The van der Waals surface area contributed by atoms with Crippen molar-refractivity contribution < 1.29 is 17.9 Å². The van der Waals surface area contributed by atoms with Crippen molar-refractivity contribution >= 4 is 21.4 Å². The van der Waals surface area contributed by atoms with Gasteiger partial charge in [0.05, 0.1) is 24.7 Å². The molecule has 28 heavy (non-hydrogen) atoms. The van der Waals surface area contributed by atoms with Gasteiger partial charge in [0.15, 0.2) is 9.84 Å². The summed E-state index contributed by atoms with van der Waals surface area (Å²) in [6, 6.07) is 8.14.